The fourth-order valence-electron chi connectivity index (χ4n) is 3.09. The van der Waals surface area contributed by atoms with Gasteiger partial charge in [0, 0.05) is 17.4 Å². The van der Waals surface area contributed by atoms with Crippen molar-refractivity contribution in [3.63, 3.8) is 0 Å². The minimum Gasteiger partial charge on any atom is -0.497 e. The number of nitrogens with zero attached hydrogens (tertiary/aromatic N) is 2. The van der Waals surface area contributed by atoms with Gasteiger partial charge in [-0.05, 0) is 24.2 Å². The summed E-state index contributed by atoms with van der Waals surface area (Å²) in [7, 11) is 1.68. The lowest BCUT2D eigenvalue weighted by Crippen LogP contribution is -2.06. The second-order valence-electron chi connectivity index (χ2n) is 5.78. The van der Waals surface area contributed by atoms with E-state index >= 15 is 0 Å². The number of hydrogen-bond donors (Lipinski definition) is 1. The van der Waals surface area contributed by atoms with E-state index in [9.17, 15) is 0 Å². The molecule has 0 aliphatic carbocycles. The summed E-state index contributed by atoms with van der Waals surface area (Å²) in [6.45, 7) is 0.578. The lowest BCUT2D eigenvalue weighted by molar-refractivity contribution is 0.415. The molecule has 126 valence electrons. The average Bonchev–Trinajstić information content (AvgIpc) is 3.23. The van der Waals surface area contributed by atoms with Gasteiger partial charge in [0.1, 0.15) is 5.75 Å². The van der Waals surface area contributed by atoms with Crippen LogP contribution in [0.25, 0.3) is 27.5 Å². The van der Waals surface area contributed by atoms with Gasteiger partial charge in [-0.3, -0.25) is 4.40 Å². The van der Waals surface area contributed by atoms with Crippen molar-refractivity contribution >= 4 is 16.3 Å². The molecule has 0 aliphatic rings. The summed E-state index contributed by atoms with van der Waals surface area (Å²) in [5, 5.41) is 2.16. The van der Waals surface area contributed by atoms with Gasteiger partial charge in [-0.15, -0.1) is 11.3 Å². The van der Waals surface area contributed by atoms with E-state index in [1.165, 1.54) is 5.56 Å². The van der Waals surface area contributed by atoms with Crippen LogP contribution in [-0.2, 0) is 6.42 Å². The Morgan fingerprint density at radius 1 is 1.08 bits per heavy atom. The largest absolute Gasteiger partial charge is 0.497 e. The van der Waals surface area contributed by atoms with Crippen LogP contribution in [0.1, 0.15) is 5.69 Å². The molecule has 4 nitrogen and oxygen atoms in total. The molecule has 4 aromatic rings. The fraction of sp³-hybridized carbons (Fsp3) is 0.150. The monoisotopic (exact) mass is 349 g/mol. The highest BCUT2D eigenvalue weighted by molar-refractivity contribution is 7.15. The lowest BCUT2D eigenvalue weighted by atomic mass is 10.1. The molecule has 0 atom stereocenters. The molecule has 0 saturated carbocycles. The molecule has 2 aromatic heterocycles. The number of hydrogen-bond acceptors (Lipinski definition) is 4. The molecule has 4 rings (SSSR count). The Bertz CT molecular complexity index is 1000. The summed E-state index contributed by atoms with van der Waals surface area (Å²) in [6.07, 6.45) is 0.768. The second-order valence-corrected chi connectivity index (χ2v) is 6.62. The van der Waals surface area contributed by atoms with E-state index in [4.69, 9.17) is 15.5 Å². The summed E-state index contributed by atoms with van der Waals surface area (Å²) >= 11 is 1.65. The lowest BCUT2D eigenvalue weighted by Gasteiger charge is -2.07. The molecule has 0 amide bonds. The maximum Gasteiger partial charge on any atom is 0.194 e. The highest BCUT2D eigenvalue weighted by atomic mass is 32.1. The summed E-state index contributed by atoms with van der Waals surface area (Å²) < 4.78 is 7.61. The molecule has 2 heterocycles. The van der Waals surface area contributed by atoms with Crippen LogP contribution in [0.3, 0.4) is 0 Å². The molecule has 2 N–H and O–H groups in total. The maximum absolute atomic E-state index is 5.91. The molecule has 0 radical (unpaired) electrons. The third-order valence-electron chi connectivity index (χ3n) is 4.25. The molecule has 0 fully saturated rings. The van der Waals surface area contributed by atoms with Crippen LogP contribution in [-0.4, -0.2) is 23.0 Å². The molecule has 0 bridgehead atoms. The first-order chi connectivity index (χ1) is 12.3. The van der Waals surface area contributed by atoms with E-state index in [-0.39, 0.29) is 0 Å². The molecular weight excluding hydrogens is 330 g/mol. The Kier molecular flexibility index (Phi) is 4.26. The van der Waals surface area contributed by atoms with Crippen LogP contribution in [0.5, 0.6) is 5.75 Å². The SMILES string of the molecule is COc1cccc(-c2nc3scc(-c4ccccc4)n3c2CCN)c1. The van der Waals surface area contributed by atoms with Crippen LogP contribution < -0.4 is 10.5 Å². The normalized spacial score (nSPS) is 11.1. The Labute approximate surface area is 150 Å². The van der Waals surface area contributed by atoms with Crippen molar-refractivity contribution in [3.8, 4) is 28.3 Å². The third-order valence-corrected chi connectivity index (χ3v) is 5.08. The molecule has 2 aromatic carbocycles. The van der Waals surface area contributed by atoms with Gasteiger partial charge in [-0.1, -0.05) is 42.5 Å². The summed E-state index contributed by atoms with van der Waals surface area (Å²) in [4.78, 5) is 5.88. The number of aromatic nitrogens is 2. The van der Waals surface area contributed by atoms with Crippen LogP contribution in [0, 0.1) is 0 Å². The van der Waals surface area contributed by atoms with Gasteiger partial charge >= 0.3 is 0 Å². The minimum atomic E-state index is 0.578. The molecular formula is C20H19N3OS. The van der Waals surface area contributed by atoms with Crippen molar-refractivity contribution in [2.45, 2.75) is 6.42 Å². The molecule has 25 heavy (non-hydrogen) atoms. The highest BCUT2D eigenvalue weighted by Gasteiger charge is 2.18. The summed E-state index contributed by atoms with van der Waals surface area (Å²) in [5.41, 5.74) is 11.4. The van der Waals surface area contributed by atoms with Gasteiger partial charge < -0.3 is 10.5 Å². The molecule has 0 saturated heterocycles. The zero-order valence-electron chi connectivity index (χ0n) is 14.0. The zero-order valence-corrected chi connectivity index (χ0v) is 14.8. The second kappa shape index (κ2) is 6.70. The Morgan fingerprint density at radius 2 is 1.88 bits per heavy atom. The first-order valence-corrected chi connectivity index (χ1v) is 9.08. The predicted molar refractivity (Wildman–Crippen MR) is 103 cm³/mol. The van der Waals surface area contributed by atoms with E-state index in [1.807, 2.05) is 24.3 Å². The number of thiazole rings is 1. The number of benzene rings is 2. The standard InChI is InChI=1S/C20H19N3OS/c1-24-16-9-5-8-15(12-16)19-17(10-11-21)23-18(13-25-20(23)22-19)14-6-3-2-4-7-14/h2-9,12-13H,10-11,21H2,1H3. The van der Waals surface area contributed by atoms with Gasteiger partial charge in [0.15, 0.2) is 4.96 Å². The van der Waals surface area contributed by atoms with Crippen LogP contribution in [0.4, 0.5) is 0 Å². The predicted octanol–water partition coefficient (Wildman–Crippen LogP) is 4.24. The van der Waals surface area contributed by atoms with Crippen LogP contribution >= 0.6 is 11.3 Å². The number of methoxy groups -OCH3 is 1. The van der Waals surface area contributed by atoms with Crippen molar-refractivity contribution in [2.24, 2.45) is 5.73 Å². The van der Waals surface area contributed by atoms with E-state index in [1.54, 1.807) is 18.4 Å². The van der Waals surface area contributed by atoms with Crippen molar-refractivity contribution in [3.05, 3.63) is 65.7 Å². The summed E-state index contributed by atoms with van der Waals surface area (Å²) in [6, 6.07) is 18.4. The van der Waals surface area contributed by atoms with Gasteiger partial charge in [0.2, 0.25) is 0 Å². The van der Waals surface area contributed by atoms with E-state index in [0.717, 1.165) is 39.8 Å². The Balaban J connectivity index is 1.94. The van der Waals surface area contributed by atoms with E-state index in [2.05, 4.69) is 40.1 Å². The highest BCUT2D eigenvalue weighted by Crippen LogP contribution is 2.34. The smallest absolute Gasteiger partial charge is 0.194 e. The first kappa shape index (κ1) is 15.9. The van der Waals surface area contributed by atoms with Crippen molar-refractivity contribution in [1.29, 1.82) is 0 Å². The van der Waals surface area contributed by atoms with E-state index in [0.29, 0.717) is 6.54 Å². The average molecular weight is 349 g/mol. The Hall–Kier alpha value is -2.63. The third kappa shape index (κ3) is 2.81. The molecule has 5 heteroatoms. The van der Waals surface area contributed by atoms with Gasteiger partial charge in [0.25, 0.3) is 0 Å². The number of imidazole rings is 1. The van der Waals surface area contributed by atoms with Crippen molar-refractivity contribution < 1.29 is 4.74 Å². The number of ether oxygens (including phenoxy) is 1. The zero-order chi connectivity index (χ0) is 17.2. The van der Waals surface area contributed by atoms with Gasteiger partial charge in [0.05, 0.1) is 24.2 Å². The maximum atomic E-state index is 5.91. The summed E-state index contributed by atoms with van der Waals surface area (Å²) in [5.74, 6) is 0.829. The van der Waals surface area contributed by atoms with Crippen LogP contribution in [0.15, 0.2) is 60.0 Å². The van der Waals surface area contributed by atoms with Gasteiger partial charge in [-0.25, -0.2) is 4.98 Å². The molecule has 0 aliphatic heterocycles. The molecule has 0 unspecified atom stereocenters. The minimum absolute atomic E-state index is 0.578. The topological polar surface area (TPSA) is 52.5 Å². The van der Waals surface area contributed by atoms with E-state index < -0.39 is 0 Å². The van der Waals surface area contributed by atoms with Crippen molar-refractivity contribution in [2.75, 3.05) is 13.7 Å². The number of rotatable bonds is 5. The Morgan fingerprint density at radius 3 is 2.64 bits per heavy atom. The number of fused-ring (bicyclic) bond motifs is 1. The quantitative estimate of drug-likeness (QED) is 0.586. The fourth-order valence-corrected chi connectivity index (χ4v) is 4.01. The number of nitrogens with two attached hydrogens (primary N) is 1. The first-order valence-electron chi connectivity index (χ1n) is 8.20. The van der Waals surface area contributed by atoms with Gasteiger partial charge in [-0.2, -0.15) is 0 Å². The molecule has 0 spiro atoms. The van der Waals surface area contributed by atoms with Crippen LogP contribution in [0.2, 0.25) is 0 Å². The van der Waals surface area contributed by atoms with Crippen molar-refractivity contribution in [1.82, 2.24) is 9.38 Å².